The number of carbonyl (C=O) groups excluding carboxylic acids is 1. The van der Waals surface area contributed by atoms with Crippen molar-refractivity contribution in [3.8, 4) is 0 Å². The highest BCUT2D eigenvalue weighted by molar-refractivity contribution is 7.89. The first-order valence-electron chi connectivity index (χ1n) is 6.83. The van der Waals surface area contributed by atoms with Crippen molar-refractivity contribution in [2.75, 3.05) is 25.4 Å². The average molecular weight is 334 g/mol. The van der Waals surface area contributed by atoms with Crippen molar-refractivity contribution < 1.29 is 13.2 Å². The Kier molecular flexibility index (Phi) is 7.06. The number of hydrazine groups is 1. The maximum absolute atomic E-state index is 12.0. The van der Waals surface area contributed by atoms with Gasteiger partial charge in [0.05, 0.1) is 11.7 Å². The maximum atomic E-state index is 12.0. The standard InChI is InChI=1S/C12H22N4O3S2/c1-3-7-13-12(20)15-14-11(17)10-6-5-8-16(9-10)21(18,19)4-2/h3,10H,1,4-9H2,2H3,(H,14,17)(H2,13,15,20)/t10-/m1/s1. The van der Waals surface area contributed by atoms with Crippen LogP contribution in [0.3, 0.4) is 0 Å². The molecule has 1 atom stereocenters. The molecule has 7 nitrogen and oxygen atoms in total. The fourth-order valence-corrected chi connectivity index (χ4v) is 3.33. The van der Waals surface area contributed by atoms with Crippen molar-refractivity contribution in [3.05, 3.63) is 12.7 Å². The van der Waals surface area contributed by atoms with Gasteiger partial charge in [-0.25, -0.2) is 12.7 Å². The van der Waals surface area contributed by atoms with Gasteiger partial charge in [-0.3, -0.25) is 15.6 Å². The van der Waals surface area contributed by atoms with Gasteiger partial charge in [-0.1, -0.05) is 6.08 Å². The lowest BCUT2D eigenvalue weighted by Gasteiger charge is -2.30. The van der Waals surface area contributed by atoms with Crippen LogP contribution in [0.15, 0.2) is 12.7 Å². The van der Waals surface area contributed by atoms with E-state index in [1.54, 1.807) is 13.0 Å². The molecule has 1 fully saturated rings. The van der Waals surface area contributed by atoms with Gasteiger partial charge >= 0.3 is 0 Å². The summed E-state index contributed by atoms with van der Waals surface area (Å²) in [6.45, 7) is 6.33. The van der Waals surface area contributed by atoms with Gasteiger partial charge in [0.1, 0.15) is 0 Å². The van der Waals surface area contributed by atoms with Gasteiger partial charge in [-0.05, 0) is 32.0 Å². The van der Waals surface area contributed by atoms with E-state index in [9.17, 15) is 13.2 Å². The zero-order valence-electron chi connectivity index (χ0n) is 12.1. The summed E-state index contributed by atoms with van der Waals surface area (Å²) in [5, 5.41) is 3.10. The molecule has 0 aromatic heterocycles. The Balaban J connectivity index is 2.47. The molecule has 1 amide bonds. The molecular weight excluding hydrogens is 312 g/mol. The zero-order valence-corrected chi connectivity index (χ0v) is 13.7. The molecule has 0 aliphatic carbocycles. The minimum Gasteiger partial charge on any atom is -0.358 e. The Morgan fingerprint density at radius 2 is 2.19 bits per heavy atom. The molecule has 3 N–H and O–H groups in total. The molecule has 0 spiro atoms. The van der Waals surface area contributed by atoms with Crippen LogP contribution in [0.25, 0.3) is 0 Å². The first-order chi connectivity index (χ1) is 9.90. The van der Waals surface area contributed by atoms with Crippen LogP contribution in [0.2, 0.25) is 0 Å². The lowest BCUT2D eigenvalue weighted by Crippen LogP contribution is -2.52. The summed E-state index contributed by atoms with van der Waals surface area (Å²) >= 11 is 4.95. The van der Waals surface area contributed by atoms with Crippen LogP contribution in [0.4, 0.5) is 0 Å². The van der Waals surface area contributed by atoms with Gasteiger partial charge in [-0.2, -0.15) is 0 Å². The molecule has 0 radical (unpaired) electrons. The molecular formula is C12H22N4O3S2. The van der Waals surface area contributed by atoms with E-state index in [0.29, 0.717) is 25.9 Å². The van der Waals surface area contributed by atoms with Gasteiger partial charge in [0.2, 0.25) is 15.9 Å². The zero-order chi connectivity index (χ0) is 15.9. The second kappa shape index (κ2) is 8.30. The third kappa shape index (κ3) is 5.60. The van der Waals surface area contributed by atoms with Crippen LogP contribution in [0.5, 0.6) is 0 Å². The van der Waals surface area contributed by atoms with Crippen LogP contribution in [-0.2, 0) is 14.8 Å². The molecule has 0 bridgehead atoms. The summed E-state index contributed by atoms with van der Waals surface area (Å²) in [4.78, 5) is 12.0. The smallest absolute Gasteiger partial charge is 0.242 e. The number of rotatable bonds is 5. The Bertz CT molecular complexity index is 493. The quantitative estimate of drug-likeness (QED) is 0.364. The topological polar surface area (TPSA) is 90.5 Å². The molecule has 1 aliphatic heterocycles. The molecule has 0 unspecified atom stereocenters. The molecule has 1 heterocycles. The van der Waals surface area contributed by atoms with Crippen LogP contribution in [0.1, 0.15) is 19.8 Å². The van der Waals surface area contributed by atoms with Crippen molar-refractivity contribution in [3.63, 3.8) is 0 Å². The van der Waals surface area contributed by atoms with Gasteiger partial charge in [0, 0.05) is 19.6 Å². The summed E-state index contributed by atoms with van der Waals surface area (Å²) in [5.74, 6) is -0.571. The van der Waals surface area contributed by atoms with E-state index in [1.165, 1.54) is 4.31 Å². The first-order valence-corrected chi connectivity index (χ1v) is 8.85. The van der Waals surface area contributed by atoms with E-state index in [0.717, 1.165) is 0 Å². The van der Waals surface area contributed by atoms with Crippen LogP contribution >= 0.6 is 12.2 Å². The molecule has 120 valence electrons. The van der Waals surface area contributed by atoms with Crippen molar-refractivity contribution in [1.82, 2.24) is 20.5 Å². The molecule has 9 heteroatoms. The van der Waals surface area contributed by atoms with E-state index >= 15 is 0 Å². The second-order valence-corrected chi connectivity index (χ2v) is 7.38. The summed E-state index contributed by atoms with van der Waals surface area (Å²) in [7, 11) is -3.25. The summed E-state index contributed by atoms with van der Waals surface area (Å²) in [6, 6.07) is 0. The number of carbonyl (C=O) groups is 1. The Morgan fingerprint density at radius 1 is 1.48 bits per heavy atom. The molecule has 1 aliphatic rings. The lowest BCUT2D eigenvalue weighted by molar-refractivity contribution is -0.126. The number of hydrogen-bond donors (Lipinski definition) is 3. The SMILES string of the molecule is C=CCNC(=S)NNC(=O)[C@@H]1CCCN(S(=O)(=O)CC)C1. The van der Waals surface area contributed by atoms with Gasteiger partial charge < -0.3 is 5.32 Å². The largest absolute Gasteiger partial charge is 0.358 e. The number of nitrogens with zero attached hydrogens (tertiary/aromatic N) is 1. The normalized spacial score (nSPS) is 19.6. The van der Waals surface area contributed by atoms with Crippen molar-refractivity contribution in [1.29, 1.82) is 0 Å². The monoisotopic (exact) mass is 334 g/mol. The van der Waals surface area contributed by atoms with E-state index < -0.39 is 10.0 Å². The predicted octanol–water partition coefficient (Wildman–Crippen LogP) is -0.271. The molecule has 1 saturated heterocycles. The first kappa shape index (κ1) is 17.9. The fraction of sp³-hybridized carbons (Fsp3) is 0.667. The van der Waals surface area contributed by atoms with Crippen molar-refractivity contribution >= 4 is 33.3 Å². The summed E-state index contributed by atoms with van der Waals surface area (Å²) in [5.41, 5.74) is 5.09. The van der Waals surface area contributed by atoms with Crippen molar-refractivity contribution in [2.45, 2.75) is 19.8 Å². The minimum atomic E-state index is -3.25. The van der Waals surface area contributed by atoms with E-state index in [-0.39, 0.29) is 29.2 Å². The average Bonchev–Trinajstić information content (AvgIpc) is 2.50. The second-order valence-electron chi connectivity index (χ2n) is 4.71. The maximum Gasteiger partial charge on any atom is 0.242 e. The highest BCUT2D eigenvalue weighted by Crippen LogP contribution is 2.19. The van der Waals surface area contributed by atoms with E-state index in [4.69, 9.17) is 12.2 Å². The van der Waals surface area contributed by atoms with Crippen LogP contribution in [-0.4, -0.2) is 49.1 Å². The minimum absolute atomic E-state index is 0.0507. The lowest BCUT2D eigenvalue weighted by atomic mass is 9.99. The van der Waals surface area contributed by atoms with Gasteiger partial charge in [-0.15, -0.1) is 6.58 Å². The third-order valence-electron chi connectivity index (χ3n) is 3.22. The Hall–Kier alpha value is -1.19. The summed E-state index contributed by atoms with van der Waals surface area (Å²) < 4.78 is 25.1. The number of sulfonamides is 1. The molecule has 0 aromatic carbocycles. The molecule has 1 rings (SSSR count). The highest BCUT2D eigenvalue weighted by Gasteiger charge is 2.31. The van der Waals surface area contributed by atoms with Gasteiger partial charge in [0.15, 0.2) is 5.11 Å². The fourth-order valence-electron chi connectivity index (χ4n) is 2.02. The van der Waals surface area contributed by atoms with Crippen LogP contribution in [0, 0.1) is 5.92 Å². The number of hydrogen-bond acceptors (Lipinski definition) is 4. The number of thiocarbonyl (C=S) groups is 1. The van der Waals surface area contributed by atoms with Crippen molar-refractivity contribution in [2.24, 2.45) is 5.92 Å². The Morgan fingerprint density at radius 3 is 2.81 bits per heavy atom. The number of amides is 1. The molecule has 0 aromatic rings. The van der Waals surface area contributed by atoms with Gasteiger partial charge in [0.25, 0.3) is 0 Å². The molecule has 0 saturated carbocycles. The third-order valence-corrected chi connectivity index (χ3v) is 5.31. The summed E-state index contributed by atoms with van der Waals surface area (Å²) in [6.07, 6.45) is 2.98. The van der Waals surface area contributed by atoms with E-state index in [1.807, 2.05) is 0 Å². The number of nitrogens with one attached hydrogen (secondary N) is 3. The van der Waals surface area contributed by atoms with E-state index in [2.05, 4.69) is 22.7 Å². The molecule has 21 heavy (non-hydrogen) atoms. The highest BCUT2D eigenvalue weighted by atomic mass is 32.2. The predicted molar refractivity (Wildman–Crippen MR) is 85.8 cm³/mol. The van der Waals surface area contributed by atoms with Crippen LogP contribution < -0.4 is 16.2 Å². The number of piperidine rings is 1. The Labute approximate surface area is 131 Å².